The van der Waals surface area contributed by atoms with Crippen molar-refractivity contribution in [1.29, 1.82) is 0 Å². The van der Waals surface area contributed by atoms with Gasteiger partial charge in [0, 0.05) is 17.8 Å². The second-order valence-electron chi connectivity index (χ2n) is 8.53. The molecule has 1 atom stereocenters. The number of ether oxygens (including phenoxy) is 1. The molecular formula is C24H30Cl2N2O3S. The SMILES string of the molecule is COc1ccc(CSCC(=O)N(Cc2ccc(Cl)c(Cl)c2)[C@H](C)C(=O)NC(C)(C)C)cc1. The molecule has 2 aromatic carbocycles. The third kappa shape index (κ3) is 8.23. The van der Waals surface area contributed by atoms with E-state index in [0.29, 0.717) is 15.8 Å². The summed E-state index contributed by atoms with van der Waals surface area (Å²) in [6.45, 7) is 7.73. The number of hydrogen-bond acceptors (Lipinski definition) is 4. The fourth-order valence-corrected chi connectivity index (χ4v) is 4.14. The highest BCUT2D eigenvalue weighted by atomic mass is 35.5. The van der Waals surface area contributed by atoms with Crippen LogP contribution in [-0.4, -0.2) is 41.2 Å². The maximum Gasteiger partial charge on any atom is 0.242 e. The minimum absolute atomic E-state index is 0.119. The molecule has 0 aliphatic heterocycles. The fourth-order valence-electron chi connectivity index (χ4n) is 2.95. The van der Waals surface area contributed by atoms with Gasteiger partial charge in [0.15, 0.2) is 0 Å². The number of hydrogen-bond donors (Lipinski definition) is 1. The summed E-state index contributed by atoms with van der Waals surface area (Å²) in [4.78, 5) is 27.5. The lowest BCUT2D eigenvalue weighted by atomic mass is 10.1. The van der Waals surface area contributed by atoms with Crippen molar-refractivity contribution in [3.05, 3.63) is 63.6 Å². The van der Waals surface area contributed by atoms with E-state index in [1.54, 1.807) is 31.1 Å². The molecular weight excluding hydrogens is 467 g/mol. The summed E-state index contributed by atoms with van der Waals surface area (Å²) in [5.74, 6) is 1.40. The van der Waals surface area contributed by atoms with Gasteiger partial charge in [-0.2, -0.15) is 0 Å². The number of halogens is 2. The van der Waals surface area contributed by atoms with Crippen LogP contribution in [0.15, 0.2) is 42.5 Å². The van der Waals surface area contributed by atoms with Gasteiger partial charge < -0.3 is 15.0 Å². The minimum atomic E-state index is -0.641. The van der Waals surface area contributed by atoms with E-state index in [9.17, 15) is 9.59 Å². The number of carbonyl (C=O) groups is 2. The van der Waals surface area contributed by atoms with Crippen LogP contribution < -0.4 is 10.1 Å². The van der Waals surface area contributed by atoms with E-state index in [-0.39, 0.29) is 24.1 Å². The van der Waals surface area contributed by atoms with Crippen molar-refractivity contribution in [1.82, 2.24) is 10.2 Å². The Kier molecular flexibility index (Phi) is 9.74. The first-order chi connectivity index (χ1) is 15.0. The molecule has 0 unspecified atom stereocenters. The molecule has 0 bridgehead atoms. The first-order valence-corrected chi connectivity index (χ1v) is 12.2. The van der Waals surface area contributed by atoms with Crippen molar-refractivity contribution in [3.8, 4) is 5.75 Å². The lowest BCUT2D eigenvalue weighted by Crippen LogP contribution is -2.52. The van der Waals surface area contributed by atoms with Crippen LogP contribution in [0.25, 0.3) is 0 Å². The highest BCUT2D eigenvalue weighted by Crippen LogP contribution is 2.24. The number of nitrogens with zero attached hydrogens (tertiary/aromatic N) is 1. The first kappa shape index (κ1) is 26.4. The van der Waals surface area contributed by atoms with Crippen LogP contribution in [0.1, 0.15) is 38.8 Å². The number of nitrogens with one attached hydrogen (secondary N) is 1. The summed E-state index contributed by atoms with van der Waals surface area (Å²) in [5, 5.41) is 3.81. The summed E-state index contributed by atoms with van der Waals surface area (Å²) < 4.78 is 5.18. The monoisotopic (exact) mass is 496 g/mol. The van der Waals surface area contributed by atoms with Crippen LogP contribution in [0.2, 0.25) is 10.0 Å². The molecule has 8 heteroatoms. The molecule has 0 aliphatic carbocycles. The zero-order valence-corrected chi connectivity index (χ0v) is 21.4. The molecule has 0 aromatic heterocycles. The van der Waals surface area contributed by atoms with Gasteiger partial charge in [-0.15, -0.1) is 11.8 Å². The second-order valence-corrected chi connectivity index (χ2v) is 10.3. The maximum atomic E-state index is 13.1. The van der Waals surface area contributed by atoms with Gasteiger partial charge in [-0.1, -0.05) is 41.4 Å². The molecule has 0 saturated carbocycles. The Bertz CT molecular complexity index is 930. The molecule has 2 aromatic rings. The Morgan fingerprint density at radius 3 is 2.25 bits per heavy atom. The highest BCUT2D eigenvalue weighted by Gasteiger charge is 2.28. The van der Waals surface area contributed by atoms with Crippen LogP contribution in [0.3, 0.4) is 0 Å². The standard InChI is InChI=1S/C24H30Cl2N2O3S/c1-16(23(30)27-24(2,3)4)28(13-18-8-11-20(25)21(26)12-18)22(29)15-32-14-17-6-9-19(31-5)10-7-17/h6-12,16H,13-15H2,1-5H3,(H,27,30)/t16-/m1/s1. The Morgan fingerprint density at radius 2 is 1.69 bits per heavy atom. The largest absolute Gasteiger partial charge is 0.497 e. The highest BCUT2D eigenvalue weighted by molar-refractivity contribution is 7.99. The molecule has 0 heterocycles. The summed E-state index contributed by atoms with van der Waals surface area (Å²) >= 11 is 13.7. The molecule has 0 aliphatic rings. The third-order valence-electron chi connectivity index (χ3n) is 4.66. The van der Waals surface area contributed by atoms with E-state index in [2.05, 4.69) is 5.32 Å². The quantitative estimate of drug-likeness (QED) is 0.492. The van der Waals surface area contributed by atoms with Gasteiger partial charge in [-0.05, 0) is 63.1 Å². The Balaban J connectivity index is 2.11. The number of methoxy groups -OCH3 is 1. The number of amides is 2. The lowest BCUT2D eigenvalue weighted by molar-refractivity contribution is -0.139. The second kappa shape index (κ2) is 11.8. The molecule has 5 nitrogen and oxygen atoms in total. The smallest absolute Gasteiger partial charge is 0.242 e. The van der Waals surface area contributed by atoms with Crippen molar-refractivity contribution in [3.63, 3.8) is 0 Å². The van der Waals surface area contributed by atoms with Gasteiger partial charge >= 0.3 is 0 Å². The molecule has 0 fully saturated rings. The van der Waals surface area contributed by atoms with Crippen molar-refractivity contribution in [2.45, 2.75) is 51.6 Å². The summed E-state index contributed by atoms with van der Waals surface area (Å²) in [6.07, 6.45) is 0. The zero-order chi connectivity index (χ0) is 23.9. The minimum Gasteiger partial charge on any atom is -0.497 e. The first-order valence-electron chi connectivity index (χ1n) is 10.3. The van der Waals surface area contributed by atoms with E-state index < -0.39 is 11.6 Å². The van der Waals surface area contributed by atoms with Gasteiger partial charge in [0.05, 0.1) is 22.9 Å². The molecule has 2 amide bonds. The summed E-state index contributed by atoms with van der Waals surface area (Å²) in [6, 6.07) is 12.3. The van der Waals surface area contributed by atoms with Crippen LogP contribution in [0, 0.1) is 0 Å². The van der Waals surface area contributed by atoms with Gasteiger partial charge in [-0.3, -0.25) is 9.59 Å². The van der Waals surface area contributed by atoms with E-state index >= 15 is 0 Å². The van der Waals surface area contributed by atoms with Crippen molar-refractivity contribution in [2.75, 3.05) is 12.9 Å². The van der Waals surface area contributed by atoms with E-state index in [0.717, 1.165) is 16.9 Å². The van der Waals surface area contributed by atoms with Crippen LogP contribution in [0.4, 0.5) is 0 Å². The molecule has 32 heavy (non-hydrogen) atoms. The van der Waals surface area contributed by atoms with Gasteiger partial charge in [0.2, 0.25) is 11.8 Å². The van der Waals surface area contributed by atoms with Gasteiger partial charge in [0.1, 0.15) is 11.8 Å². The Morgan fingerprint density at radius 1 is 1.06 bits per heavy atom. The summed E-state index contributed by atoms with van der Waals surface area (Å²) in [7, 11) is 1.63. The predicted octanol–water partition coefficient (Wildman–Crippen LogP) is 5.57. The van der Waals surface area contributed by atoms with Crippen molar-refractivity contribution >= 4 is 46.8 Å². The Hall–Kier alpha value is -1.89. The molecule has 1 N–H and O–H groups in total. The molecule has 0 spiro atoms. The van der Waals surface area contributed by atoms with Crippen LogP contribution in [-0.2, 0) is 21.9 Å². The molecule has 0 saturated heterocycles. The van der Waals surface area contributed by atoms with E-state index in [1.807, 2.05) is 51.1 Å². The zero-order valence-electron chi connectivity index (χ0n) is 19.1. The predicted molar refractivity (Wildman–Crippen MR) is 134 cm³/mol. The molecule has 2 rings (SSSR count). The van der Waals surface area contributed by atoms with Crippen molar-refractivity contribution in [2.24, 2.45) is 0 Å². The van der Waals surface area contributed by atoms with Crippen LogP contribution >= 0.6 is 35.0 Å². The number of carbonyl (C=O) groups excluding carboxylic acids is 2. The summed E-state index contributed by atoms with van der Waals surface area (Å²) in [5.41, 5.74) is 1.51. The van der Waals surface area contributed by atoms with Crippen molar-refractivity contribution < 1.29 is 14.3 Å². The average Bonchev–Trinajstić information content (AvgIpc) is 2.73. The lowest BCUT2D eigenvalue weighted by Gasteiger charge is -2.31. The van der Waals surface area contributed by atoms with E-state index in [1.165, 1.54) is 11.8 Å². The normalized spacial score (nSPS) is 12.2. The molecule has 174 valence electrons. The van der Waals surface area contributed by atoms with Gasteiger partial charge in [0.25, 0.3) is 0 Å². The van der Waals surface area contributed by atoms with Gasteiger partial charge in [-0.25, -0.2) is 0 Å². The topological polar surface area (TPSA) is 58.6 Å². The molecule has 0 radical (unpaired) electrons. The van der Waals surface area contributed by atoms with Crippen LogP contribution in [0.5, 0.6) is 5.75 Å². The number of thioether (sulfide) groups is 1. The number of benzene rings is 2. The Labute approximate surface area is 204 Å². The average molecular weight is 497 g/mol. The number of rotatable bonds is 9. The third-order valence-corrected chi connectivity index (χ3v) is 6.38. The fraction of sp³-hybridized carbons (Fsp3) is 0.417. The van der Waals surface area contributed by atoms with E-state index in [4.69, 9.17) is 27.9 Å². The maximum absolute atomic E-state index is 13.1.